The fourth-order valence-corrected chi connectivity index (χ4v) is 3.08. The smallest absolute Gasteiger partial charge is 0.223 e. The van der Waals surface area contributed by atoms with Gasteiger partial charge in [-0.25, -0.2) is 0 Å². The normalized spacial score (nSPS) is 14.4. The maximum atomic E-state index is 12.4. The highest BCUT2D eigenvalue weighted by Crippen LogP contribution is 2.25. The number of rotatable bonds is 5. The van der Waals surface area contributed by atoms with Crippen molar-refractivity contribution in [3.63, 3.8) is 0 Å². The van der Waals surface area contributed by atoms with E-state index in [1.54, 1.807) is 18.9 Å². The van der Waals surface area contributed by atoms with Crippen LogP contribution in [0.25, 0.3) is 11.3 Å². The fourth-order valence-electron chi connectivity index (χ4n) is 3.08. The summed E-state index contributed by atoms with van der Waals surface area (Å²) in [6.07, 6.45) is 0.984. The number of carbonyl (C=O) groups excluding carboxylic acids is 2. The fraction of sp³-hybridized carbons (Fsp3) is 0.400. The lowest BCUT2D eigenvalue weighted by atomic mass is 10.2. The molecule has 1 aromatic heterocycles. The van der Waals surface area contributed by atoms with E-state index in [0.29, 0.717) is 39.0 Å². The van der Waals surface area contributed by atoms with Crippen LogP contribution in [0.3, 0.4) is 0 Å². The minimum atomic E-state index is 0.0683. The summed E-state index contributed by atoms with van der Waals surface area (Å²) in [6, 6.07) is 11.5. The van der Waals surface area contributed by atoms with Gasteiger partial charge in [0.2, 0.25) is 11.8 Å². The Kier molecular flexibility index (Phi) is 5.61. The average molecular weight is 356 g/mol. The van der Waals surface area contributed by atoms with Crippen molar-refractivity contribution in [2.75, 3.05) is 33.3 Å². The molecule has 6 heteroatoms. The van der Waals surface area contributed by atoms with E-state index >= 15 is 0 Å². The van der Waals surface area contributed by atoms with E-state index in [1.807, 2.05) is 41.3 Å². The summed E-state index contributed by atoms with van der Waals surface area (Å²) in [5.41, 5.74) is 0.976. The first-order valence-electron chi connectivity index (χ1n) is 8.83. The number of carbonyl (C=O) groups is 2. The minimum absolute atomic E-state index is 0.0683. The number of piperazine rings is 1. The first-order chi connectivity index (χ1) is 12.6. The number of benzene rings is 1. The molecular formula is C20H24N2O4. The summed E-state index contributed by atoms with van der Waals surface area (Å²) in [5, 5.41) is 0. The number of hydrogen-bond acceptors (Lipinski definition) is 4. The van der Waals surface area contributed by atoms with Gasteiger partial charge in [-0.1, -0.05) is 0 Å². The number of methoxy groups -OCH3 is 1. The molecule has 2 amide bonds. The predicted molar refractivity (Wildman–Crippen MR) is 97.9 cm³/mol. The van der Waals surface area contributed by atoms with Gasteiger partial charge < -0.3 is 19.0 Å². The van der Waals surface area contributed by atoms with Crippen LogP contribution in [0, 0.1) is 0 Å². The molecule has 0 bridgehead atoms. The molecule has 138 valence electrons. The Morgan fingerprint density at radius 3 is 2.27 bits per heavy atom. The monoisotopic (exact) mass is 356 g/mol. The van der Waals surface area contributed by atoms with Crippen molar-refractivity contribution in [1.82, 2.24) is 9.80 Å². The highest BCUT2D eigenvalue weighted by Gasteiger charge is 2.22. The molecule has 1 aromatic carbocycles. The van der Waals surface area contributed by atoms with Gasteiger partial charge in [-0.05, 0) is 36.4 Å². The Labute approximate surface area is 153 Å². The van der Waals surface area contributed by atoms with Crippen LogP contribution in [0.1, 0.15) is 19.1 Å². The molecule has 0 unspecified atom stereocenters. The Hall–Kier alpha value is -2.76. The topological polar surface area (TPSA) is 63.0 Å². The van der Waals surface area contributed by atoms with Crippen molar-refractivity contribution in [2.45, 2.75) is 19.8 Å². The molecule has 0 radical (unpaired) electrons. The van der Waals surface area contributed by atoms with Gasteiger partial charge in [-0.2, -0.15) is 0 Å². The number of furan rings is 1. The van der Waals surface area contributed by atoms with E-state index < -0.39 is 0 Å². The van der Waals surface area contributed by atoms with E-state index in [1.165, 1.54) is 0 Å². The van der Waals surface area contributed by atoms with Crippen LogP contribution >= 0.6 is 0 Å². The lowest BCUT2D eigenvalue weighted by Gasteiger charge is -2.34. The molecule has 0 N–H and O–H groups in total. The van der Waals surface area contributed by atoms with E-state index in [0.717, 1.165) is 22.8 Å². The van der Waals surface area contributed by atoms with E-state index in [2.05, 4.69) is 0 Å². The van der Waals surface area contributed by atoms with Gasteiger partial charge in [-0.15, -0.1) is 0 Å². The first-order valence-corrected chi connectivity index (χ1v) is 8.83. The van der Waals surface area contributed by atoms with Gasteiger partial charge in [-0.3, -0.25) is 9.59 Å². The molecule has 3 rings (SSSR count). The lowest BCUT2D eigenvalue weighted by molar-refractivity contribution is -0.138. The van der Waals surface area contributed by atoms with Crippen molar-refractivity contribution >= 4 is 11.8 Å². The predicted octanol–water partition coefficient (Wildman–Crippen LogP) is 2.58. The van der Waals surface area contributed by atoms with Crippen molar-refractivity contribution in [2.24, 2.45) is 0 Å². The van der Waals surface area contributed by atoms with E-state index in [9.17, 15) is 9.59 Å². The number of aryl methyl sites for hydroxylation is 1. The Balaban J connectivity index is 1.51. The molecule has 2 aromatic rings. The maximum absolute atomic E-state index is 12.4. The summed E-state index contributed by atoms with van der Waals surface area (Å²) >= 11 is 0. The molecule has 26 heavy (non-hydrogen) atoms. The number of hydrogen-bond donors (Lipinski definition) is 0. The van der Waals surface area contributed by atoms with Crippen LogP contribution in [0.5, 0.6) is 5.75 Å². The standard InChI is InChI=1S/C20H24N2O4/c1-15(23)21-11-13-22(14-12-21)20(24)10-8-18-7-9-19(26-18)16-3-5-17(25-2)6-4-16/h3-7,9H,8,10-14H2,1-2H3. The van der Waals surface area contributed by atoms with Crippen molar-refractivity contribution in [1.29, 1.82) is 0 Å². The summed E-state index contributed by atoms with van der Waals surface area (Å²) in [4.78, 5) is 27.3. The zero-order chi connectivity index (χ0) is 18.5. The summed E-state index contributed by atoms with van der Waals surface area (Å²) < 4.78 is 11.0. The van der Waals surface area contributed by atoms with Crippen LogP contribution in [0.15, 0.2) is 40.8 Å². The Morgan fingerprint density at radius 2 is 1.65 bits per heavy atom. The molecule has 0 aliphatic carbocycles. The van der Waals surface area contributed by atoms with E-state index in [-0.39, 0.29) is 11.8 Å². The molecule has 1 saturated heterocycles. The summed E-state index contributed by atoms with van der Waals surface area (Å²) in [6.45, 7) is 4.00. The van der Waals surface area contributed by atoms with Gasteiger partial charge in [0, 0.05) is 51.5 Å². The third kappa shape index (κ3) is 4.25. The van der Waals surface area contributed by atoms with Gasteiger partial charge in [0.05, 0.1) is 7.11 Å². The molecular weight excluding hydrogens is 332 g/mol. The second-order valence-electron chi connectivity index (χ2n) is 6.38. The van der Waals surface area contributed by atoms with Crippen LogP contribution in [0.4, 0.5) is 0 Å². The zero-order valence-electron chi connectivity index (χ0n) is 15.2. The summed E-state index contributed by atoms with van der Waals surface area (Å²) in [7, 11) is 1.64. The molecule has 2 heterocycles. The molecule has 6 nitrogen and oxygen atoms in total. The number of ether oxygens (including phenoxy) is 1. The number of nitrogens with zero attached hydrogens (tertiary/aromatic N) is 2. The molecule has 0 atom stereocenters. The van der Waals surface area contributed by atoms with Gasteiger partial charge >= 0.3 is 0 Å². The lowest BCUT2D eigenvalue weighted by Crippen LogP contribution is -2.50. The first kappa shape index (κ1) is 18.0. The number of amides is 2. The SMILES string of the molecule is COc1ccc(-c2ccc(CCC(=O)N3CCN(C(C)=O)CC3)o2)cc1. The third-order valence-corrected chi connectivity index (χ3v) is 4.70. The second kappa shape index (κ2) is 8.08. The molecule has 0 spiro atoms. The van der Waals surface area contributed by atoms with Crippen molar-refractivity contribution < 1.29 is 18.7 Å². The molecule has 0 saturated carbocycles. The maximum Gasteiger partial charge on any atom is 0.223 e. The largest absolute Gasteiger partial charge is 0.497 e. The average Bonchev–Trinajstić information content (AvgIpc) is 3.15. The van der Waals surface area contributed by atoms with Crippen LogP contribution in [-0.4, -0.2) is 54.9 Å². The minimum Gasteiger partial charge on any atom is -0.497 e. The summed E-state index contributed by atoms with van der Waals surface area (Å²) in [5.74, 6) is 2.56. The van der Waals surface area contributed by atoms with Crippen LogP contribution in [-0.2, 0) is 16.0 Å². The van der Waals surface area contributed by atoms with Crippen molar-refractivity contribution in [3.05, 3.63) is 42.2 Å². The Bertz CT molecular complexity index is 758. The van der Waals surface area contributed by atoms with Gasteiger partial charge in [0.25, 0.3) is 0 Å². The highest BCUT2D eigenvalue weighted by atomic mass is 16.5. The molecule has 1 aliphatic heterocycles. The zero-order valence-corrected chi connectivity index (χ0v) is 15.2. The molecule has 1 aliphatic rings. The highest BCUT2D eigenvalue weighted by molar-refractivity contribution is 5.77. The quantitative estimate of drug-likeness (QED) is 0.826. The van der Waals surface area contributed by atoms with Gasteiger partial charge in [0.1, 0.15) is 17.3 Å². The van der Waals surface area contributed by atoms with Crippen LogP contribution in [0.2, 0.25) is 0 Å². The third-order valence-electron chi connectivity index (χ3n) is 4.70. The van der Waals surface area contributed by atoms with E-state index in [4.69, 9.17) is 9.15 Å². The second-order valence-corrected chi connectivity index (χ2v) is 6.38. The van der Waals surface area contributed by atoms with Crippen LogP contribution < -0.4 is 4.74 Å². The van der Waals surface area contributed by atoms with Crippen molar-refractivity contribution in [3.8, 4) is 17.1 Å². The van der Waals surface area contributed by atoms with Gasteiger partial charge in [0.15, 0.2) is 0 Å². The Morgan fingerprint density at radius 1 is 1.00 bits per heavy atom. The molecule has 1 fully saturated rings.